The number of Topliss-reactive ketones (excluding diaryl/α,β-unsaturated/α-hetero) is 1. The molecule has 5 nitrogen and oxygen atoms in total. The van der Waals surface area contributed by atoms with Crippen LogP contribution in [0.1, 0.15) is 37.3 Å². The van der Waals surface area contributed by atoms with Crippen molar-refractivity contribution in [2.75, 3.05) is 18.9 Å². The van der Waals surface area contributed by atoms with Gasteiger partial charge in [-0.05, 0) is 57.3 Å². The summed E-state index contributed by atoms with van der Waals surface area (Å²) >= 11 is 0. The average molecular weight is 326 g/mol. The van der Waals surface area contributed by atoms with Crippen LogP contribution in [-0.4, -0.2) is 42.3 Å². The number of nitrogens with one attached hydrogen (secondary N) is 1. The van der Waals surface area contributed by atoms with E-state index in [0.717, 1.165) is 31.6 Å². The van der Waals surface area contributed by atoms with Crippen LogP contribution in [0.4, 0.5) is 5.69 Å². The van der Waals surface area contributed by atoms with Gasteiger partial charge in [-0.2, -0.15) is 0 Å². The molecular weight excluding hydrogens is 304 g/mol. The largest absolute Gasteiger partial charge is 0.476 e. The van der Waals surface area contributed by atoms with Gasteiger partial charge in [0.25, 0.3) is 0 Å². The van der Waals surface area contributed by atoms with E-state index in [4.69, 9.17) is 4.74 Å². The predicted molar refractivity (Wildman–Crippen MR) is 89.3 cm³/mol. The van der Waals surface area contributed by atoms with Gasteiger partial charge in [0.05, 0.1) is 11.1 Å². The standard InChI is InChI=1S/C19H22N2O3/c1-18-15(23)6-4-12-14-9-11-3-5-13(20-10-22)17(24-18)16(11)19(12,18)7-8-21(14)2/h3,5,10,12,14H,4,6-9H2,1-2H3,(H,20,22)/t12-,14+,18?,19-/m0/s1. The van der Waals surface area contributed by atoms with Gasteiger partial charge in [0.15, 0.2) is 11.4 Å². The van der Waals surface area contributed by atoms with Crippen molar-refractivity contribution >= 4 is 17.9 Å². The van der Waals surface area contributed by atoms with Crippen LogP contribution in [0.5, 0.6) is 5.75 Å². The van der Waals surface area contributed by atoms with Crippen LogP contribution >= 0.6 is 0 Å². The number of hydrogen-bond acceptors (Lipinski definition) is 4. The molecule has 0 aromatic heterocycles. The lowest BCUT2D eigenvalue weighted by Gasteiger charge is -2.60. The van der Waals surface area contributed by atoms with E-state index in [2.05, 4.69) is 23.3 Å². The molecule has 4 aliphatic rings. The molecule has 1 saturated heterocycles. The summed E-state index contributed by atoms with van der Waals surface area (Å²) in [6.45, 7) is 2.97. The lowest BCUT2D eigenvalue weighted by atomic mass is 9.47. The quantitative estimate of drug-likeness (QED) is 0.843. The summed E-state index contributed by atoms with van der Waals surface area (Å²) in [6.07, 6.45) is 4.16. The third-order valence-corrected chi connectivity index (χ3v) is 7.23. The Balaban J connectivity index is 1.83. The summed E-state index contributed by atoms with van der Waals surface area (Å²) in [5, 5.41) is 2.77. The molecule has 24 heavy (non-hydrogen) atoms. The van der Waals surface area contributed by atoms with E-state index in [9.17, 15) is 9.59 Å². The predicted octanol–water partition coefficient (Wildman–Crippen LogP) is 1.88. The van der Waals surface area contributed by atoms with Gasteiger partial charge in [-0.15, -0.1) is 0 Å². The number of likely N-dealkylation sites (tertiary alicyclic amines) is 1. The lowest BCUT2D eigenvalue weighted by Crippen LogP contribution is -2.70. The van der Waals surface area contributed by atoms with Crippen molar-refractivity contribution in [2.45, 2.75) is 49.7 Å². The summed E-state index contributed by atoms with van der Waals surface area (Å²) in [6, 6.07) is 4.50. The molecule has 1 amide bonds. The Morgan fingerprint density at radius 3 is 3.04 bits per heavy atom. The molecule has 0 radical (unpaired) electrons. The number of carbonyl (C=O) groups excluding carboxylic acids is 2. The number of ketones is 1. The lowest BCUT2D eigenvalue weighted by molar-refractivity contribution is -0.153. The number of rotatable bonds is 2. The maximum atomic E-state index is 13.0. The first-order valence-corrected chi connectivity index (χ1v) is 8.82. The number of likely N-dealkylation sites (N-methyl/N-ethyl adjacent to an activating group) is 1. The monoisotopic (exact) mass is 326 g/mol. The second kappa shape index (κ2) is 4.39. The zero-order valence-electron chi connectivity index (χ0n) is 14.1. The molecule has 1 aromatic rings. The van der Waals surface area contributed by atoms with Crippen LogP contribution in [0.15, 0.2) is 12.1 Å². The number of piperidine rings is 1. The summed E-state index contributed by atoms with van der Waals surface area (Å²) in [4.78, 5) is 26.4. The first-order valence-electron chi connectivity index (χ1n) is 8.82. The van der Waals surface area contributed by atoms with Crippen LogP contribution in [0.3, 0.4) is 0 Å². The van der Waals surface area contributed by atoms with Gasteiger partial charge in [0, 0.05) is 18.0 Å². The van der Waals surface area contributed by atoms with Crippen molar-refractivity contribution < 1.29 is 14.3 Å². The SMILES string of the molecule is CN1CC[C@]23c4c5ccc(NC=O)c4OC2(C)C(=O)CC[C@H]3[C@H]1C5. The first-order chi connectivity index (χ1) is 11.5. The summed E-state index contributed by atoms with van der Waals surface area (Å²) < 4.78 is 6.41. The van der Waals surface area contributed by atoms with Crippen molar-refractivity contribution in [2.24, 2.45) is 5.92 Å². The maximum Gasteiger partial charge on any atom is 0.211 e. The molecule has 1 spiro atoms. The van der Waals surface area contributed by atoms with E-state index in [1.807, 2.05) is 13.0 Å². The highest BCUT2D eigenvalue weighted by molar-refractivity contribution is 5.94. The van der Waals surface area contributed by atoms with Crippen LogP contribution < -0.4 is 10.1 Å². The van der Waals surface area contributed by atoms with Crippen molar-refractivity contribution in [1.82, 2.24) is 4.90 Å². The molecule has 2 bridgehead atoms. The smallest absolute Gasteiger partial charge is 0.211 e. The van der Waals surface area contributed by atoms with Crippen molar-refractivity contribution in [3.63, 3.8) is 0 Å². The Morgan fingerprint density at radius 2 is 2.25 bits per heavy atom. The molecule has 2 heterocycles. The summed E-state index contributed by atoms with van der Waals surface area (Å²) in [7, 11) is 2.20. The molecule has 5 heteroatoms. The van der Waals surface area contributed by atoms with Gasteiger partial charge in [-0.3, -0.25) is 9.59 Å². The molecule has 2 aliphatic heterocycles. The topological polar surface area (TPSA) is 58.6 Å². The van der Waals surface area contributed by atoms with E-state index in [0.29, 0.717) is 30.5 Å². The molecular formula is C19H22N2O3. The van der Waals surface area contributed by atoms with Crippen molar-refractivity contribution in [3.05, 3.63) is 23.3 Å². The molecule has 126 valence electrons. The fourth-order valence-corrected chi connectivity index (χ4v) is 6.13. The number of ether oxygens (including phenoxy) is 1. The van der Waals surface area contributed by atoms with E-state index in [1.54, 1.807) is 0 Å². The van der Waals surface area contributed by atoms with Crippen LogP contribution in [-0.2, 0) is 21.4 Å². The third kappa shape index (κ3) is 1.38. The Morgan fingerprint density at radius 1 is 1.42 bits per heavy atom. The number of amides is 1. The second-order valence-electron chi connectivity index (χ2n) is 7.92. The van der Waals surface area contributed by atoms with E-state index in [1.165, 1.54) is 11.1 Å². The number of carbonyl (C=O) groups is 2. The summed E-state index contributed by atoms with van der Waals surface area (Å²) in [5.74, 6) is 1.40. The number of benzene rings is 1. The van der Waals surface area contributed by atoms with E-state index in [-0.39, 0.29) is 11.2 Å². The molecule has 1 N–H and O–H groups in total. The van der Waals surface area contributed by atoms with E-state index < -0.39 is 5.60 Å². The molecule has 4 atom stereocenters. The zero-order valence-corrected chi connectivity index (χ0v) is 14.1. The van der Waals surface area contributed by atoms with Gasteiger partial charge in [0.2, 0.25) is 6.41 Å². The van der Waals surface area contributed by atoms with Gasteiger partial charge < -0.3 is 15.0 Å². The average Bonchev–Trinajstić information content (AvgIpc) is 2.84. The van der Waals surface area contributed by atoms with Gasteiger partial charge in [-0.1, -0.05) is 6.07 Å². The van der Waals surface area contributed by atoms with Crippen LogP contribution in [0.25, 0.3) is 0 Å². The molecule has 1 aromatic carbocycles. The van der Waals surface area contributed by atoms with E-state index >= 15 is 0 Å². The second-order valence-corrected chi connectivity index (χ2v) is 7.92. The normalized spacial score (nSPS) is 39.2. The first kappa shape index (κ1) is 14.5. The number of anilines is 1. The van der Waals surface area contributed by atoms with Gasteiger partial charge in [0.1, 0.15) is 5.75 Å². The Hall–Kier alpha value is -1.88. The van der Waals surface area contributed by atoms with Crippen LogP contribution in [0.2, 0.25) is 0 Å². The maximum absolute atomic E-state index is 13.0. The molecule has 2 fully saturated rings. The van der Waals surface area contributed by atoms with Crippen molar-refractivity contribution in [1.29, 1.82) is 0 Å². The number of nitrogens with zero attached hydrogens (tertiary/aromatic N) is 1. The highest BCUT2D eigenvalue weighted by Crippen LogP contribution is 2.66. The zero-order chi connectivity index (χ0) is 16.7. The van der Waals surface area contributed by atoms with Gasteiger partial charge in [-0.25, -0.2) is 0 Å². The third-order valence-electron chi connectivity index (χ3n) is 7.23. The molecule has 1 saturated carbocycles. The van der Waals surface area contributed by atoms with Gasteiger partial charge >= 0.3 is 0 Å². The Labute approximate surface area is 141 Å². The molecule has 5 rings (SSSR count). The highest BCUT2D eigenvalue weighted by atomic mass is 16.5. The highest BCUT2D eigenvalue weighted by Gasteiger charge is 2.71. The fraction of sp³-hybridized carbons (Fsp3) is 0.579. The minimum Gasteiger partial charge on any atom is -0.476 e. The van der Waals surface area contributed by atoms with Crippen molar-refractivity contribution in [3.8, 4) is 5.75 Å². The minimum atomic E-state index is -0.798. The molecule has 1 unspecified atom stereocenters. The van der Waals surface area contributed by atoms with Crippen LogP contribution in [0, 0.1) is 5.92 Å². The number of hydrogen-bond donors (Lipinski definition) is 1. The minimum absolute atomic E-state index is 0.211. The Bertz CT molecular complexity index is 776. The fourth-order valence-electron chi connectivity index (χ4n) is 6.13. The summed E-state index contributed by atoms with van der Waals surface area (Å²) in [5.41, 5.74) is 2.15. The Kier molecular flexibility index (Phi) is 2.65. The molecule has 2 aliphatic carbocycles.